The van der Waals surface area contributed by atoms with Crippen LogP contribution in [0, 0.1) is 11.7 Å². The topological polar surface area (TPSA) is 58.2 Å². The number of halogens is 1. The number of benzene rings is 1. The van der Waals surface area contributed by atoms with Crippen molar-refractivity contribution in [2.75, 3.05) is 18.8 Å². The highest BCUT2D eigenvalue weighted by molar-refractivity contribution is 8.00. The van der Waals surface area contributed by atoms with Gasteiger partial charge in [0.05, 0.1) is 5.75 Å². The van der Waals surface area contributed by atoms with E-state index in [1.54, 1.807) is 32.0 Å². The molecule has 110 valence electrons. The number of hydrogen-bond acceptors (Lipinski definition) is 3. The second-order valence-corrected chi connectivity index (χ2v) is 5.53. The molecule has 0 bridgehead atoms. The first-order valence-electron chi connectivity index (χ1n) is 6.42. The average molecular weight is 298 g/mol. The molecular weight excluding hydrogens is 279 g/mol. The van der Waals surface area contributed by atoms with Gasteiger partial charge in [-0.15, -0.1) is 11.8 Å². The molecule has 6 heteroatoms. The maximum absolute atomic E-state index is 13.3. The van der Waals surface area contributed by atoms with Crippen LogP contribution in [0.4, 0.5) is 4.39 Å². The van der Waals surface area contributed by atoms with Crippen LogP contribution < -0.4 is 10.6 Å². The van der Waals surface area contributed by atoms with E-state index in [9.17, 15) is 14.0 Å². The molecule has 0 aliphatic carbocycles. The lowest BCUT2D eigenvalue weighted by atomic mass is 10.2. The standard InChI is InChI=1S/C14H19FN2O2S/c1-10(2)14(19)17-8-7-16-13(18)9-20-12-6-4-3-5-11(12)15/h3-6,10H,7-9H2,1-2H3,(H,16,18)(H,17,19). The Morgan fingerprint density at radius 1 is 1.20 bits per heavy atom. The number of nitrogens with one attached hydrogen (secondary N) is 2. The first-order valence-corrected chi connectivity index (χ1v) is 7.41. The normalized spacial score (nSPS) is 10.4. The van der Waals surface area contributed by atoms with E-state index >= 15 is 0 Å². The molecule has 0 aliphatic rings. The van der Waals surface area contributed by atoms with Crippen LogP contribution in [-0.2, 0) is 9.59 Å². The van der Waals surface area contributed by atoms with Crippen molar-refractivity contribution >= 4 is 23.6 Å². The van der Waals surface area contributed by atoms with Crippen molar-refractivity contribution in [2.24, 2.45) is 5.92 Å². The molecule has 0 unspecified atom stereocenters. The smallest absolute Gasteiger partial charge is 0.230 e. The van der Waals surface area contributed by atoms with E-state index in [0.717, 1.165) is 11.8 Å². The summed E-state index contributed by atoms with van der Waals surface area (Å²) >= 11 is 1.15. The second-order valence-electron chi connectivity index (χ2n) is 4.51. The molecule has 0 fully saturated rings. The predicted molar refractivity (Wildman–Crippen MR) is 78.0 cm³/mol. The van der Waals surface area contributed by atoms with Crippen molar-refractivity contribution < 1.29 is 14.0 Å². The largest absolute Gasteiger partial charge is 0.354 e. The van der Waals surface area contributed by atoms with Crippen molar-refractivity contribution in [3.05, 3.63) is 30.1 Å². The molecule has 4 nitrogen and oxygen atoms in total. The van der Waals surface area contributed by atoms with Crippen LogP contribution in [0.2, 0.25) is 0 Å². The molecule has 0 aliphatic heterocycles. The number of carbonyl (C=O) groups is 2. The van der Waals surface area contributed by atoms with Gasteiger partial charge >= 0.3 is 0 Å². The Hall–Kier alpha value is -1.56. The Morgan fingerprint density at radius 2 is 1.85 bits per heavy atom. The molecule has 0 saturated carbocycles. The maximum Gasteiger partial charge on any atom is 0.230 e. The summed E-state index contributed by atoms with van der Waals surface area (Å²) in [5, 5.41) is 5.37. The zero-order valence-electron chi connectivity index (χ0n) is 11.6. The molecule has 0 radical (unpaired) electrons. The number of hydrogen-bond donors (Lipinski definition) is 2. The van der Waals surface area contributed by atoms with Crippen molar-refractivity contribution in [1.82, 2.24) is 10.6 Å². The Morgan fingerprint density at radius 3 is 2.50 bits per heavy atom. The molecule has 0 saturated heterocycles. The highest BCUT2D eigenvalue weighted by atomic mass is 32.2. The zero-order valence-corrected chi connectivity index (χ0v) is 12.4. The maximum atomic E-state index is 13.3. The fraction of sp³-hybridized carbons (Fsp3) is 0.429. The molecule has 1 rings (SSSR count). The Bertz CT molecular complexity index is 466. The molecule has 2 N–H and O–H groups in total. The monoisotopic (exact) mass is 298 g/mol. The van der Waals surface area contributed by atoms with E-state index in [4.69, 9.17) is 0 Å². The van der Waals surface area contributed by atoms with Crippen LogP contribution >= 0.6 is 11.8 Å². The first-order chi connectivity index (χ1) is 9.50. The summed E-state index contributed by atoms with van der Waals surface area (Å²) in [5.41, 5.74) is 0. The molecular formula is C14H19FN2O2S. The molecule has 0 aromatic heterocycles. The third kappa shape index (κ3) is 6.06. The molecule has 1 aromatic carbocycles. The fourth-order valence-electron chi connectivity index (χ4n) is 1.35. The van der Waals surface area contributed by atoms with E-state index < -0.39 is 0 Å². The first kappa shape index (κ1) is 16.5. The SMILES string of the molecule is CC(C)C(=O)NCCNC(=O)CSc1ccccc1F. The van der Waals surface area contributed by atoms with Crippen LogP contribution in [-0.4, -0.2) is 30.7 Å². The van der Waals surface area contributed by atoms with Crippen LogP contribution in [0.15, 0.2) is 29.2 Å². The third-order valence-electron chi connectivity index (χ3n) is 2.47. The van der Waals surface area contributed by atoms with Crippen molar-refractivity contribution in [1.29, 1.82) is 0 Å². The van der Waals surface area contributed by atoms with E-state index in [1.807, 2.05) is 0 Å². The van der Waals surface area contributed by atoms with Gasteiger partial charge in [0.2, 0.25) is 11.8 Å². The minimum absolute atomic E-state index is 0.0417. The highest BCUT2D eigenvalue weighted by Crippen LogP contribution is 2.20. The number of rotatable bonds is 7. The van der Waals surface area contributed by atoms with E-state index in [2.05, 4.69) is 10.6 Å². The number of carbonyl (C=O) groups excluding carboxylic acids is 2. The molecule has 2 amide bonds. The number of amides is 2. The van der Waals surface area contributed by atoms with Gasteiger partial charge in [-0.3, -0.25) is 9.59 Å². The van der Waals surface area contributed by atoms with Crippen LogP contribution in [0.1, 0.15) is 13.8 Å². The van der Waals surface area contributed by atoms with Gasteiger partial charge in [-0.25, -0.2) is 4.39 Å². The summed E-state index contributed by atoms with van der Waals surface area (Å²) in [4.78, 5) is 23.3. The Kier molecular flexibility index (Phi) is 7.08. The van der Waals surface area contributed by atoms with Crippen LogP contribution in [0.3, 0.4) is 0 Å². The van der Waals surface area contributed by atoms with E-state index in [0.29, 0.717) is 18.0 Å². The molecule has 0 heterocycles. The van der Waals surface area contributed by atoms with Gasteiger partial charge in [-0.2, -0.15) is 0 Å². The molecule has 0 spiro atoms. The lowest BCUT2D eigenvalue weighted by molar-refractivity contribution is -0.124. The molecule has 1 aromatic rings. The quantitative estimate of drug-likeness (QED) is 0.596. The summed E-state index contributed by atoms with van der Waals surface area (Å²) in [6.45, 7) is 4.38. The van der Waals surface area contributed by atoms with Crippen molar-refractivity contribution in [2.45, 2.75) is 18.7 Å². The summed E-state index contributed by atoms with van der Waals surface area (Å²) in [7, 11) is 0. The molecule has 0 atom stereocenters. The molecule has 20 heavy (non-hydrogen) atoms. The van der Waals surface area contributed by atoms with Gasteiger partial charge in [0.1, 0.15) is 5.82 Å². The summed E-state index contributed by atoms with van der Waals surface area (Å²) < 4.78 is 13.3. The summed E-state index contributed by atoms with van der Waals surface area (Å²) in [5.74, 6) is -0.465. The highest BCUT2D eigenvalue weighted by Gasteiger charge is 2.07. The van der Waals surface area contributed by atoms with Gasteiger partial charge < -0.3 is 10.6 Å². The van der Waals surface area contributed by atoms with Crippen LogP contribution in [0.5, 0.6) is 0 Å². The average Bonchev–Trinajstić information content (AvgIpc) is 2.42. The fourth-order valence-corrected chi connectivity index (χ4v) is 2.12. The van der Waals surface area contributed by atoms with E-state index in [-0.39, 0.29) is 29.3 Å². The van der Waals surface area contributed by atoms with Gasteiger partial charge in [0.15, 0.2) is 0 Å². The Labute approximate surface area is 122 Å². The van der Waals surface area contributed by atoms with E-state index in [1.165, 1.54) is 6.07 Å². The summed E-state index contributed by atoms with van der Waals surface area (Å²) in [6, 6.07) is 6.33. The van der Waals surface area contributed by atoms with Crippen LogP contribution in [0.25, 0.3) is 0 Å². The predicted octanol–water partition coefficient (Wildman–Crippen LogP) is 1.81. The second kappa shape index (κ2) is 8.58. The minimum Gasteiger partial charge on any atom is -0.354 e. The van der Waals surface area contributed by atoms with Gasteiger partial charge in [0.25, 0.3) is 0 Å². The lowest BCUT2D eigenvalue weighted by Crippen LogP contribution is -2.36. The zero-order chi connectivity index (χ0) is 15.0. The number of thioether (sulfide) groups is 1. The van der Waals surface area contributed by atoms with Crippen molar-refractivity contribution in [3.8, 4) is 0 Å². The van der Waals surface area contributed by atoms with Crippen molar-refractivity contribution in [3.63, 3.8) is 0 Å². The summed E-state index contributed by atoms with van der Waals surface area (Å²) in [6.07, 6.45) is 0. The van der Waals surface area contributed by atoms with Gasteiger partial charge in [0, 0.05) is 23.9 Å². The third-order valence-corrected chi connectivity index (χ3v) is 3.51. The van der Waals surface area contributed by atoms with Gasteiger partial charge in [-0.05, 0) is 12.1 Å². The minimum atomic E-state index is -0.325. The van der Waals surface area contributed by atoms with Gasteiger partial charge in [-0.1, -0.05) is 26.0 Å². The Balaban J connectivity index is 2.18. The lowest BCUT2D eigenvalue weighted by Gasteiger charge is -2.08.